The van der Waals surface area contributed by atoms with Crippen LogP contribution in [0.3, 0.4) is 0 Å². The van der Waals surface area contributed by atoms with Crippen LogP contribution in [0.15, 0.2) is 59.2 Å². The zero-order chi connectivity index (χ0) is 21.1. The number of hydrogen-bond acceptors (Lipinski definition) is 7. The molecule has 0 aliphatic rings. The number of para-hydroxylation sites is 2. The first-order valence-electron chi connectivity index (χ1n) is 9.15. The first kappa shape index (κ1) is 19.8. The molecule has 2 heterocycles. The molecule has 0 aliphatic carbocycles. The van der Waals surface area contributed by atoms with Gasteiger partial charge in [-0.05, 0) is 36.4 Å². The third-order valence-corrected chi connectivity index (χ3v) is 5.64. The highest BCUT2D eigenvalue weighted by molar-refractivity contribution is 7.22. The van der Waals surface area contributed by atoms with Gasteiger partial charge in [0.05, 0.1) is 44.4 Å². The van der Waals surface area contributed by atoms with E-state index in [-0.39, 0.29) is 12.5 Å². The molecule has 7 nitrogen and oxygen atoms in total. The predicted molar refractivity (Wildman–Crippen MR) is 115 cm³/mol. The molecule has 0 spiro atoms. The van der Waals surface area contributed by atoms with Gasteiger partial charge in [0.25, 0.3) is 5.91 Å². The summed E-state index contributed by atoms with van der Waals surface area (Å²) in [5, 5.41) is 0.528. The highest BCUT2D eigenvalue weighted by Gasteiger charge is 2.27. The lowest BCUT2D eigenvalue weighted by Gasteiger charge is -2.20. The molecule has 1 amide bonds. The zero-order valence-corrected chi connectivity index (χ0v) is 17.6. The summed E-state index contributed by atoms with van der Waals surface area (Å²) in [4.78, 5) is 19.9. The molecule has 4 aromatic rings. The molecule has 0 radical (unpaired) electrons. The molecular formula is C22H20N2O5S. The van der Waals surface area contributed by atoms with Crippen LogP contribution in [0.1, 0.15) is 16.1 Å². The van der Waals surface area contributed by atoms with Gasteiger partial charge in [0.15, 0.2) is 16.6 Å². The van der Waals surface area contributed by atoms with Gasteiger partial charge in [-0.1, -0.05) is 23.5 Å². The van der Waals surface area contributed by atoms with Crippen molar-refractivity contribution >= 4 is 32.6 Å². The van der Waals surface area contributed by atoms with Crippen LogP contribution in [0, 0.1) is 0 Å². The Kier molecular flexibility index (Phi) is 5.58. The van der Waals surface area contributed by atoms with Gasteiger partial charge in [-0.25, -0.2) is 4.98 Å². The fraction of sp³-hybridized carbons (Fsp3) is 0.182. The van der Waals surface area contributed by atoms with Crippen LogP contribution in [0.5, 0.6) is 17.2 Å². The Morgan fingerprint density at radius 2 is 1.77 bits per heavy atom. The Bertz CT molecular complexity index is 1170. The van der Waals surface area contributed by atoms with Crippen molar-refractivity contribution in [1.82, 2.24) is 4.98 Å². The van der Waals surface area contributed by atoms with Crippen LogP contribution in [0.2, 0.25) is 0 Å². The van der Waals surface area contributed by atoms with E-state index in [0.717, 1.165) is 4.70 Å². The number of thiazole rings is 1. The molecule has 0 saturated heterocycles. The average molecular weight is 424 g/mol. The number of furan rings is 1. The number of ether oxygens (including phenoxy) is 3. The van der Waals surface area contributed by atoms with Crippen LogP contribution in [0.25, 0.3) is 10.2 Å². The summed E-state index contributed by atoms with van der Waals surface area (Å²) < 4.78 is 22.7. The third kappa shape index (κ3) is 3.57. The van der Waals surface area contributed by atoms with Gasteiger partial charge in [0.1, 0.15) is 17.0 Å². The molecule has 0 fully saturated rings. The molecule has 154 valence electrons. The Balaban J connectivity index is 1.82. The normalized spacial score (nSPS) is 10.8. The van der Waals surface area contributed by atoms with Crippen molar-refractivity contribution in [3.8, 4) is 17.2 Å². The lowest BCUT2D eigenvalue weighted by Crippen LogP contribution is -2.30. The van der Waals surface area contributed by atoms with E-state index >= 15 is 0 Å². The first-order valence-corrected chi connectivity index (χ1v) is 9.96. The highest BCUT2D eigenvalue weighted by Crippen LogP contribution is 2.37. The minimum absolute atomic E-state index is 0.217. The lowest BCUT2D eigenvalue weighted by atomic mass is 10.1. The summed E-state index contributed by atoms with van der Waals surface area (Å²) in [5.41, 5.74) is 1.07. The summed E-state index contributed by atoms with van der Waals surface area (Å²) in [5.74, 6) is 1.86. The van der Waals surface area contributed by atoms with E-state index in [1.807, 2.05) is 24.3 Å². The van der Waals surface area contributed by atoms with Crippen LogP contribution < -0.4 is 19.1 Å². The van der Waals surface area contributed by atoms with Crippen LogP contribution in [-0.4, -0.2) is 32.2 Å². The number of carbonyl (C=O) groups excluding carboxylic acids is 1. The molecule has 0 aliphatic heterocycles. The number of hydrogen-bond donors (Lipinski definition) is 0. The lowest BCUT2D eigenvalue weighted by molar-refractivity contribution is 0.0979. The number of carbonyl (C=O) groups is 1. The number of benzene rings is 2. The number of aromatic nitrogens is 1. The SMILES string of the molecule is COc1cccc(C(=O)N(Cc2ccco2)c2nc3c(OC)cccc3s2)c1OC. The maximum Gasteiger partial charge on any atom is 0.264 e. The first-order chi connectivity index (χ1) is 14.7. The summed E-state index contributed by atoms with van der Waals surface area (Å²) in [6.45, 7) is 0.217. The number of methoxy groups -OCH3 is 3. The minimum atomic E-state index is -0.278. The average Bonchev–Trinajstić information content (AvgIpc) is 3.45. The number of nitrogens with zero attached hydrogens (tertiary/aromatic N) is 2. The second kappa shape index (κ2) is 8.46. The van der Waals surface area contributed by atoms with E-state index in [4.69, 9.17) is 23.6 Å². The monoisotopic (exact) mass is 424 g/mol. The van der Waals surface area contributed by atoms with Gasteiger partial charge in [0.2, 0.25) is 0 Å². The fourth-order valence-corrected chi connectivity index (χ4v) is 4.16. The zero-order valence-electron chi connectivity index (χ0n) is 16.7. The van der Waals surface area contributed by atoms with Crippen molar-refractivity contribution in [2.45, 2.75) is 6.54 Å². The van der Waals surface area contributed by atoms with Crippen molar-refractivity contribution in [1.29, 1.82) is 0 Å². The van der Waals surface area contributed by atoms with Gasteiger partial charge in [0, 0.05) is 0 Å². The highest BCUT2D eigenvalue weighted by atomic mass is 32.1. The predicted octanol–water partition coefficient (Wildman–Crippen LogP) is 4.76. The number of anilines is 1. The number of fused-ring (bicyclic) bond motifs is 1. The summed E-state index contributed by atoms with van der Waals surface area (Å²) in [6.07, 6.45) is 1.57. The molecule has 0 atom stereocenters. The van der Waals surface area contributed by atoms with Gasteiger partial charge in [-0.2, -0.15) is 0 Å². The summed E-state index contributed by atoms with van der Waals surface area (Å²) >= 11 is 1.40. The molecule has 2 aromatic heterocycles. The van der Waals surface area contributed by atoms with E-state index in [2.05, 4.69) is 0 Å². The molecule has 0 N–H and O–H groups in total. The standard InChI is InChI=1S/C22H20N2O5S/c1-26-16-9-5-11-18-19(16)23-22(30-18)24(13-14-7-6-12-29-14)21(25)15-8-4-10-17(27-2)20(15)28-3/h4-12H,13H2,1-3H3. The number of amides is 1. The molecule has 0 saturated carbocycles. The molecular weight excluding hydrogens is 404 g/mol. The quantitative estimate of drug-likeness (QED) is 0.426. The molecule has 4 rings (SSSR count). The smallest absolute Gasteiger partial charge is 0.264 e. The Morgan fingerprint density at radius 3 is 2.47 bits per heavy atom. The van der Waals surface area contributed by atoms with E-state index in [9.17, 15) is 4.79 Å². The topological polar surface area (TPSA) is 74.0 Å². The third-order valence-electron chi connectivity index (χ3n) is 4.59. The van der Waals surface area contributed by atoms with E-state index in [1.165, 1.54) is 25.6 Å². The van der Waals surface area contributed by atoms with E-state index < -0.39 is 0 Å². The molecule has 30 heavy (non-hydrogen) atoms. The molecule has 0 bridgehead atoms. The Morgan fingerprint density at radius 1 is 1.00 bits per heavy atom. The summed E-state index contributed by atoms with van der Waals surface area (Å²) in [7, 11) is 4.64. The van der Waals surface area contributed by atoms with E-state index in [0.29, 0.717) is 39.2 Å². The Labute approximate surface area is 177 Å². The largest absolute Gasteiger partial charge is 0.494 e. The van der Waals surface area contributed by atoms with Crippen LogP contribution in [-0.2, 0) is 6.54 Å². The fourth-order valence-electron chi connectivity index (χ4n) is 3.18. The van der Waals surface area contributed by atoms with Gasteiger partial charge in [-0.15, -0.1) is 0 Å². The maximum absolute atomic E-state index is 13.6. The van der Waals surface area contributed by atoms with Crippen molar-refractivity contribution < 1.29 is 23.4 Å². The van der Waals surface area contributed by atoms with Gasteiger partial charge in [-0.3, -0.25) is 9.69 Å². The second-order valence-corrected chi connectivity index (χ2v) is 7.32. The van der Waals surface area contributed by atoms with Gasteiger partial charge >= 0.3 is 0 Å². The molecule has 0 unspecified atom stereocenters. The molecule has 8 heteroatoms. The minimum Gasteiger partial charge on any atom is -0.494 e. The van der Waals surface area contributed by atoms with Crippen molar-refractivity contribution in [2.75, 3.05) is 26.2 Å². The van der Waals surface area contributed by atoms with Crippen LogP contribution in [0.4, 0.5) is 5.13 Å². The van der Waals surface area contributed by atoms with E-state index in [1.54, 1.807) is 42.5 Å². The second-order valence-electron chi connectivity index (χ2n) is 6.32. The summed E-state index contributed by atoms with van der Waals surface area (Å²) in [6, 6.07) is 14.5. The molecule has 2 aromatic carbocycles. The Hall–Kier alpha value is -3.52. The van der Waals surface area contributed by atoms with Crippen molar-refractivity contribution in [3.63, 3.8) is 0 Å². The van der Waals surface area contributed by atoms with Crippen molar-refractivity contribution in [2.24, 2.45) is 0 Å². The van der Waals surface area contributed by atoms with Crippen LogP contribution >= 0.6 is 11.3 Å². The van der Waals surface area contributed by atoms with Crippen molar-refractivity contribution in [3.05, 3.63) is 66.1 Å². The number of rotatable bonds is 7. The maximum atomic E-state index is 13.6. The van der Waals surface area contributed by atoms with Gasteiger partial charge < -0.3 is 18.6 Å².